The lowest BCUT2D eigenvalue weighted by Crippen LogP contribution is -2.59. The fourth-order valence-electron chi connectivity index (χ4n) is 3.80. The zero-order valence-electron chi connectivity index (χ0n) is 18.4. The minimum atomic E-state index is -1.62. The zero-order chi connectivity index (χ0) is 24.2. The Bertz CT molecular complexity index is 591. The molecule has 0 bridgehead atoms. The predicted molar refractivity (Wildman–Crippen MR) is 106 cm³/mol. The fraction of sp³-hybridized carbons (Fsp3) is 0.950. The van der Waals surface area contributed by atoms with E-state index in [-0.39, 0.29) is 12.3 Å². The highest BCUT2D eigenvalue weighted by atomic mass is 16.8. The Kier molecular flexibility index (Phi) is 10.2. The molecule has 0 spiro atoms. The van der Waals surface area contributed by atoms with E-state index in [9.17, 15) is 35.4 Å². The summed E-state index contributed by atoms with van der Waals surface area (Å²) in [5.41, 5.74) is 0. The molecule has 12 atom stereocenters. The van der Waals surface area contributed by atoms with Gasteiger partial charge in [0, 0.05) is 6.42 Å². The first-order valence-corrected chi connectivity index (χ1v) is 10.8. The predicted octanol–water partition coefficient (Wildman–Crippen LogP) is -2.07. The number of aliphatic hydroxyl groups excluding tert-OH is 6. The SMILES string of the molecule is CCC(C)C(CC(O)CC(=O)O)OC1OC(CO)C(O)C1OC1OC(C)C(O)C(O)C1O. The minimum absolute atomic E-state index is 0.0156. The molecule has 0 aromatic carbocycles. The van der Waals surface area contributed by atoms with Gasteiger partial charge in [0.15, 0.2) is 12.6 Å². The molecule has 2 aliphatic rings. The highest BCUT2D eigenvalue weighted by molar-refractivity contribution is 5.67. The van der Waals surface area contributed by atoms with Crippen LogP contribution in [0.4, 0.5) is 0 Å². The van der Waals surface area contributed by atoms with Gasteiger partial charge in [-0.05, 0) is 12.8 Å². The second-order valence-corrected chi connectivity index (χ2v) is 8.55. The van der Waals surface area contributed by atoms with E-state index in [1.54, 1.807) is 0 Å². The quantitative estimate of drug-likeness (QED) is 0.175. The van der Waals surface area contributed by atoms with E-state index in [0.29, 0.717) is 6.42 Å². The number of ether oxygens (including phenoxy) is 4. The number of carboxylic acid groups (broad SMARTS) is 1. The third kappa shape index (κ3) is 6.56. The standard InChI is InChI=1S/C20H36O12/c1-4-8(2)11(5-10(22)6-13(23)24)30-20-18(15(26)12(7-21)31-20)32-19-17(28)16(27)14(25)9(3)29-19/h8-12,14-22,25-28H,4-7H2,1-3H3,(H,23,24). The molecule has 2 fully saturated rings. The number of hydrogen-bond acceptors (Lipinski definition) is 11. The molecular weight excluding hydrogens is 432 g/mol. The molecular formula is C20H36O12. The van der Waals surface area contributed by atoms with E-state index in [1.165, 1.54) is 6.92 Å². The first kappa shape index (κ1) is 27.3. The van der Waals surface area contributed by atoms with Crippen molar-refractivity contribution in [3.63, 3.8) is 0 Å². The van der Waals surface area contributed by atoms with Crippen molar-refractivity contribution in [2.45, 2.75) is 108 Å². The van der Waals surface area contributed by atoms with Crippen molar-refractivity contribution in [3.05, 3.63) is 0 Å². The van der Waals surface area contributed by atoms with Crippen molar-refractivity contribution in [3.8, 4) is 0 Å². The Labute approximate surface area is 186 Å². The molecule has 0 saturated carbocycles. The van der Waals surface area contributed by atoms with Crippen LogP contribution in [0.15, 0.2) is 0 Å². The second kappa shape index (κ2) is 12.0. The van der Waals surface area contributed by atoms with E-state index in [2.05, 4.69) is 0 Å². The first-order valence-electron chi connectivity index (χ1n) is 10.8. The number of carbonyl (C=O) groups is 1. The molecule has 2 heterocycles. The lowest BCUT2D eigenvalue weighted by atomic mass is 9.95. The number of aliphatic hydroxyl groups is 6. The Balaban J connectivity index is 2.16. The summed E-state index contributed by atoms with van der Waals surface area (Å²) >= 11 is 0. The van der Waals surface area contributed by atoms with Crippen LogP contribution in [-0.2, 0) is 23.7 Å². The van der Waals surface area contributed by atoms with E-state index in [4.69, 9.17) is 24.1 Å². The molecule has 12 unspecified atom stereocenters. The largest absolute Gasteiger partial charge is 0.481 e. The second-order valence-electron chi connectivity index (χ2n) is 8.55. The zero-order valence-corrected chi connectivity index (χ0v) is 18.4. The van der Waals surface area contributed by atoms with Crippen LogP contribution in [0.1, 0.15) is 40.0 Å². The van der Waals surface area contributed by atoms with Crippen molar-refractivity contribution >= 4 is 5.97 Å². The van der Waals surface area contributed by atoms with Gasteiger partial charge in [0.1, 0.15) is 36.6 Å². The summed E-state index contributed by atoms with van der Waals surface area (Å²) in [7, 11) is 0. The molecule has 32 heavy (non-hydrogen) atoms. The monoisotopic (exact) mass is 468 g/mol. The number of rotatable bonds is 11. The maximum Gasteiger partial charge on any atom is 0.305 e. The maximum atomic E-state index is 10.9. The molecule has 12 heteroatoms. The van der Waals surface area contributed by atoms with Gasteiger partial charge in [0.25, 0.3) is 0 Å². The van der Waals surface area contributed by atoms with Gasteiger partial charge in [0.05, 0.1) is 31.3 Å². The Morgan fingerprint density at radius 2 is 1.69 bits per heavy atom. The Morgan fingerprint density at radius 3 is 2.25 bits per heavy atom. The lowest BCUT2D eigenvalue weighted by Gasteiger charge is -2.40. The molecule has 7 N–H and O–H groups in total. The molecule has 0 amide bonds. The average Bonchev–Trinajstić information content (AvgIpc) is 3.03. The summed E-state index contributed by atoms with van der Waals surface area (Å²) in [5, 5.41) is 69.2. The van der Waals surface area contributed by atoms with Crippen molar-refractivity contribution in [1.82, 2.24) is 0 Å². The van der Waals surface area contributed by atoms with E-state index in [0.717, 1.165) is 0 Å². The van der Waals surface area contributed by atoms with Gasteiger partial charge in [-0.1, -0.05) is 20.3 Å². The molecule has 0 radical (unpaired) electrons. The number of carboxylic acids is 1. The minimum Gasteiger partial charge on any atom is -0.481 e. The van der Waals surface area contributed by atoms with Crippen molar-refractivity contribution < 1.29 is 59.5 Å². The average molecular weight is 468 g/mol. The Morgan fingerprint density at radius 1 is 1.03 bits per heavy atom. The van der Waals surface area contributed by atoms with Gasteiger partial charge in [-0.2, -0.15) is 0 Å². The molecule has 2 saturated heterocycles. The van der Waals surface area contributed by atoms with Crippen LogP contribution in [0, 0.1) is 5.92 Å². The molecule has 2 aliphatic heterocycles. The summed E-state index contributed by atoms with van der Waals surface area (Å²) in [6.45, 7) is 4.66. The lowest BCUT2D eigenvalue weighted by molar-refractivity contribution is -0.324. The van der Waals surface area contributed by atoms with Crippen LogP contribution < -0.4 is 0 Å². The molecule has 12 nitrogen and oxygen atoms in total. The molecule has 0 aromatic heterocycles. The van der Waals surface area contributed by atoms with E-state index >= 15 is 0 Å². The van der Waals surface area contributed by atoms with Crippen LogP contribution in [0.5, 0.6) is 0 Å². The summed E-state index contributed by atoms with van der Waals surface area (Å²) in [4.78, 5) is 10.9. The van der Waals surface area contributed by atoms with Crippen LogP contribution in [0.2, 0.25) is 0 Å². The molecule has 2 rings (SSSR count). The fourth-order valence-corrected chi connectivity index (χ4v) is 3.80. The van der Waals surface area contributed by atoms with Gasteiger partial charge >= 0.3 is 5.97 Å². The summed E-state index contributed by atoms with van der Waals surface area (Å²) < 4.78 is 22.6. The van der Waals surface area contributed by atoms with Crippen LogP contribution in [0.25, 0.3) is 0 Å². The van der Waals surface area contributed by atoms with Gasteiger partial charge in [-0.15, -0.1) is 0 Å². The highest BCUT2D eigenvalue weighted by Gasteiger charge is 2.51. The molecule has 188 valence electrons. The van der Waals surface area contributed by atoms with E-state index < -0.39 is 86.5 Å². The Hall–Kier alpha value is -0.930. The number of aliphatic carboxylic acids is 1. The number of hydrogen-bond donors (Lipinski definition) is 7. The molecule has 0 aromatic rings. The maximum absolute atomic E-state index is 10.9. The van der Waals surface area contributed by atoms with Crippen LogP contribution in [-0.4, -0.2) is 116 Å². The summed E-state index contributed by atoms with van der Waals surface area (Å²) in [5.74, 6) is -1.28. The van der Waals surface area contributed by atoms with Gasteiger partial charge in [0.2, 0.25) is 0 Å². The summed E-state index contributed by atoms with van der Waals surface area (Å²) in [6.07, 6.45) is -13.4. The van der Waals surface area contributed by atoms with E-state index in [1.807, 2.05) is 13.8 Å². The summed E-state index contributed by atoms with van der Waals surface area (Å²) in [6, 6.07) is 0. The van der Waals surface area contributed by atoms with Gasteiger partial charge in [-0.3, -0.25) is 4.79 Å². The highest BCUT2D eigenvalue weighted by Crippen LogP contribution is 2.32. The third-order valence-corrected chi connectivity index (χ3v) is 6.08. The molecule has 0 aliphatic carbocycles. The van der Waals surface area contributed by atoms with Crippen LogP contribution >= 0.6 is 0 Å². The van der Waals surface area contributed by atoms with Gasteiger partial charge < -0.3 is 54.7 Å². The van der Waals surface area contributed by atoms with Gasteiger partial charge in [-0.25, -0.2) is 0 Å². The van der Waals surface area contributed by atoms with Crippen LogP contribution in [0.3, 0.4) is 0 Å². The van der Waals surface area contributed by atoms with Crippen molar-refractivity contribution in [2.75, 3.05) is 6.61 Å². The topological polar surface area (TPSA) is 196 Å². The smallest absolute Gasteiger partial charge is 0.305 e. The normalized spacial score (nSPS) is 40.7. The first-order chi connectivity index (χ1) is 15.0. The van der Waals surface area contributed by atoms with Crippen molar-refractivity contribution in [2.24, 2.45) is 5.92 Å². The third-order valence-electron chi connectivity index (χ3n) is 6.08. The van der Waals surface area contributed by atoms with Crippen molar-refractivity contribution in [1.29, 1.82) is 0 Å².